The Hall–Kier alpha value is -1.78. The minimum atomic E-state index is -0.144. The van der Waals surface area contributed by atoms with Crippen molar-refractivity contribution in [3.05, 3.63) is 65.2 Å². The van der Waals surface area contributed by atoms with Crippen LogP contribution in [0, 0.1) is 5.82 Å². The summed E-state index contributed by atoms with van der Waals surface area (Å²) in [5, 5.41) is 3.09. The van der Waals surface area contributed by atoms with Crippen LogP contribution < -0.4 is 5.32 Å². The molecule has 0 fully saturated rings. The van der Waals surface area contributed by atoms with Crippen LogP contribution in [0.4, 0.5) is 4.39 Å². The van der Waals surface area contributed by atoms with E-state index in [1.54, 1.807) is 12.3 Å². The summed E-state index contributed by atoms with van der Waals surface area (Å²) < 4.78 is 14.0. The summed E-state index contributed by atoms with van der Waals surface area (Å²) in [7, 11) is 1.89. The summed E-state index contributed by atoms with van der Waals surface area (Å²) in [4.78, 5) is 6.52. The van der Waals surface area contributed by atoms with E-state index in [1.165, 1.54) is 0 Å². The first-order valence-electron chi connectivity index (χ1n) is 7.27. The van der Waals surface area contributed by atoms with Gasteiger partial charge in [-0.15, -0.1) is 0 Å². The van der Waals surface area contributed by atoms with Crippen LogP contribution in [0.1, 0.15) is 23.7 Å². The molecule has 4 heteroatoms. The number of nitrogens with one attached hydrogen (secondary N) is 1. The summed E-state index contributed by atoms with van der Waals surface area (Å²) in [5.41, 5.74) is 2.84. The maximum absolute atomic E-state index is 14.0. The molecule has 112 valence electrons. The van der Waals surface area contributed by atoms with Crippen molar-refractivity contribution in [2.75, 3.05) is 13.6 Å². The molecule has 0 aliphatic heterocycles. The van der Waals surface area contributed by atoms with Gasteiger partial charge in [-0.2, -0.15) is 0 Å². The molecule has 0 aliphatic rings. The van der Waals surface area contributed by atoms with Crippen molar-refractivity contribution in [1.29, 1.82) is 0 Å². The largest absolute Gasteiger partial charge is 0.316 e. The molecule has 0 bridgehead atoms. The van der Waals surface area contributed by atoms with Crippen molar-refractivity contribution >= 4 is 0 Å². The van der Waals surface area contributed by atoms with Gasteiger partial charge in [-0.1, -0.05) is 25.1 Å². The number of pyridine rings is 1. The van der Waals surface area contributed by atoms with Crippen molar-refractivity contribution in [3.8, 4) is 0 Å². The van der Waals surface area contributed by atoms with Crippen LogP contribution in [0.2, 0.25) is 0 Å². The van der Waals surface area contributed by atoms with Gasteiger partial charge in [0.15, 0.2) is 0 Å². The minimum absolute atomic E-state index is 0.144. The number of nitrogens with zero attached hydrogens (tertiary/aromatic N) is 2. The number of hydrogen-bond donors (Lipinski definition) is 1. The molecule has 2 aromatic rings. The van der Waals surface area contributed by atoms with E-state index in [2.05, 4.69) is 22.1 Å². The van der Waals surface area contributed by atoms with E-state index in [9.17, 15) is 4.39 Å². The SMILES string of the molecule is CCN(Cc1ccccn1)Cc1cc(CNC)ccc1F. The normalized spacial score (nSPS) is 11.0. The zero-order valence-corrected chi connectivity index (χ0v) is 12.6. The smallest absolute Gasteiger partial charge is 0.127 e. The van der Waals surface area contributed by atoms with E-state index in [0.29, 0.717) is 6.54 Å². The quantitative estimate of drug-likeness (QED) is 0.848. The van der Waals surface area contributed by atoms with E-state index in [0.717, 1.165) is 36.5 Å². The summed E-state index contributed by atoms with van der Waals surface area (Å²) in [5.74, 6) is -0.144. The molecule has 3 nitrogen and oxygen atoms in total. The molecule has 1 aromatic carbocycles. The van der Waals surface area contributed by atoms with Gasteiger partial charge in [-0.25, -0.2) is 4.39 Å². The molecule has 0 saturated heterocycles. The second kappa shape index (κ2) is 7.86. The zero-order valence-electron chi connectivity index (χ0n) is 12.6. The van der Waals surface area contributed by atoms with Gasteiger partial charge in [0, 0.05) is 31.4 Å². The van der Waals surface area contributed by atoms with Crippen molar-refractivity contribution < 1.29 is 4.39 Å². The highest BCUT2D eigenvalue weighted by Crippen LogP contribution is 2.14. The van der Waals surface area contributed by atoms with Crippen molar-refractivity contribution in [2.24, 2.45) is 0 Å². The van der Waals surface area contributed by atoms with Crippen LogP contribution in [0.15, 0.2) is 42.6 Å². The standard InChI is InChI=1S/C17H22FN3/c1-3-21(13-16-6-4-5-9-20-16)12-15-10-14(11-19-2)7-8-17(15)18/h4-10,19H,3,11-13H2,1-2H3. The van der Waals surface area contributed by atoms with E-state index < -0.39 is 0 Å². The van der Waals surface area contributed by atoms with E-state index in [-0.39, 0.29) is 5.82 Å². The summed E-state index contributed by atoms with van der Waals surface area (Å²) in [6, 6.07) is 11.2. The van der Waals surface area contributed by atoms with Gasteiger partial charge in [0.1, 0.15) is 5.82 Å². The maximum atomic E-state index is 14.0. The summed E-state index contributed by atoms with van der Waals surface area (Å²) >= 11 is 0. The number of halogens is 1. The first-order valence-corrected chi connectivity index (χ1v) is 7.27. The Labute approximate surface area is 125 Å². The van der Waals surface area contributed by atoms with Crippen LogP contribution in [0.3, 0.4) is 0 Å². The summed E-state index contributed by atoms with van der Waals surface area (Å²) in [6.07, 6.45) is 1.79. The Morgan fingerprint density at radius 2 is 2.05 bits per heavy atom. The fraction of sp³-hybridized carbons (Fsp3) is 0.353. The third kappa shape index (κ3) is 4.62. The third-order valence-corrected chi connectivity index (χ3v) is 3.44. The Morgan fingerprint density at radius 1 is 1.19 bits per heavy atom. The van der Waals surface area contributed by atoms with Crippen LogP contribution >= 0.6 is 0 Å². The first-order chi connectivity index (χ1) is 10.2. The monoisotopic (exact) mass is 287 g/mol. The van der Waals surface area contributed by atoms with Gasteiger partial charge in [0.05, 0.1) is 5.69 Å². The van der Waals surface area contributed by atoms with Crippen LogP contribution in [0.5, 0.6) is 0 Å². The predicted molar refractivity (Wildman–Crippen MR) is 83.2 cm³/mol. The van der Waals surface area contributed by atoms with Gasteiger partial charge in [0.2, 0.25) is 0 Å². The molecule has 0 spiro atoms. The second-order valence-electron chi connectivity index (χ2n) is 5.08. The molecule has 1 heterocycles. The van der Waals surface area contributed by atoms with Crippen LogP contribution in [-0.4, -0.2) is 23.5 Å². The molecule has 0 aliphatic carbocycles. The maximum Gasteiger partial charge on any atom is 0.127 e. The van der Waals surface area contributed by atoms with Crippen LogP contribution in [-0.2, 0) is 19.6 Å². The lowest BCUT2D eigenvalue weighted by atomic mass is 10.1. The Balaban J connectivity index is 2.09. The third-order valence-electron chi connectivity index (χ3n) is 3.44. The molecule has 0 radical (unpaired) electrons. The highest BCUT2D eigenvalue weighted by atomic mass is 19.1. The molecular formula is C17H22FN3. The first kappa shape index (κ1) is 15.6. The zero-order chi connectivity index (χ0) is 15.1. The van der Waals surface area contributed by atoms with Crippen molar-refractivity contribution in [3.63, 3.8) is 0 Å². The number of aromatic nitrogens is 1. The Kier molecular flexibility index (Phi) is 5.84. The highest BCUT2D eigenvalue weighted by molar-refractivity contribution is 5.25. The van der Waals surface area contributed by atoms with Crippen molar-refractivity contribution in [2.45, 2.75) is 26.6 Å². The fourth-order valence-electron chi connectivity index (χ4n) is 2.30. The Morgan fingerprint density at radius 3 is 2.71 bits per heavy atom. The van der Waals surface area contributed by atoms with Gasteiger partial charge in [0.25, 0.3) is 0 Å². The average Bonchev–Trinajstić information content (AvgIpc) is 2.51. The highest BCUT2D eigenvalue weighted by Gasteiger charge is 2.10. The average molecular weight is 287 g/mol. The van der Waals surface area contributed by atoms with Gasteiger partial charge < -0.3 is 5.32 Å². The number of hydrogen-bond acceptors (Lipinski definition) is 3. The van der Waals surface area contributed by atoms with Gasteiger partial charge in [-0.3, -0.25) is 9.88 Å². The molecule has 2 rings (SSSR count). The van der Waals surface area contributed by atoms with Gasteiger partial charge >= 0.3 is 0 Å². The molecule has 0 unspecified atom stereocenters. The predicted octanol–water partition coefficient (Wildman–Crippen LogP) is 2.96. The van der Waals surface area contributed by atoms with E-state index in [4.69, 9.17) is 0 Å². The topological polar surface area (TPSA) is 28.2 Å². The fourth-order valence-corrected chi connectivity index (χ4v) is 2.30. The molecule has 21 heavy (non-hydrogen) atoms. The lowest BCUT2D eigenvalue weighted by Gasteiger charge is -2.20. The lowest BCUT2D eigenvalue weighted by Crippen LogP contribution is -2.23. The molecule has 0 amide bonds. The van der Waals surface area contributed by atoms with Gasteiger partial charge in [-0.05, 0) is 37.4 Å². The molecule has 1 N–H and O–H groups in total. The lowest BCUT2D eigenvalue weighted by molar-refractivity contribution is 0.264. The minimum Gasteiger partial charge on any atom is -0.316 e. The molecular weight excluding hydrogens is 265 g/mol. The summed E-state index contributed by atoms with van der Waals surface area (Å²) in [6.45, 7) is 5.01. The van der Waals surface area contributed by atoms with E-state index in [1.807, 2.05) is 37.4 Å². The van der Waals surface area contributed by atoms with Crippen molar-refractivity contribution in [1.82, 2.24) is 15.2 Å². The molecule has 0 atom stereocenters. The Bertz CT molecular complexity index is 557. The molecule has 0 saturated carbocycles. The van der Waals surface area contributed by atoms with Crippen LogP contribution in [0.25, 0.3) is 0 Å². The number of rotatable bonds is 7. The second-order valence-corrected chi connectivity index (χ2v) is 5.08. The molecule has 1 aromatic heterocycles. The van der Waals surface area contributed by atoms with E-state index >= 15 is 0 Å². The number of benzene rings is 1.